The molecule has 0 aliphatic heterocycles. The highest BCUT2D eigenvalue weighted by molar-refractivity contribution is 6.06. The van der Waals surface area contributed by atoms with Crippen molar-refractivity contribution in [2.75, 3.05) is 6.61 Å². The van der Waals surface area contributed by atoms with E-state index in [9.17, 15) is 9.18 Å². The number of rotatable bonds is 13. The van der Waals surface area contributed by atoms with Crippen LogP contribution in [-0.4, -0.2) is 12.4 Å². The molecular weight excluding hydrogens is 423 g/mol. The minimum absolute atomic E-state index is 0.131. The number of hydrogen-bond donors (Lipinski definition) is 0. The van der Waals surface area contributed by atoms with E-state index in [0.717, 1.165) is 37.0 Å². The van der Waals surface area contributed by atoms with Gasteiger partial charge in [0.2, 0.25) is 0 Å². The lowest BCUT2D eigenvalue weighted by Gasteiger charge is -2.06. The molecule has 0 saturated carbocycles. The largest absolute Gasteiger partial charge is 0.377 e. The Labute approximate surface area is 202 Å². The molecule has 0 amide bonds. The minimum atomic E-state index is -0.342. The van der Waals surface area contributed by atoms with Crippen molar-refractivity contribution in [3.8, 4) is 0 Å². The lowest BCUT2D eigenvalue weighted by molar-refractivity contribution is 0.104. The Morgan fingerprint density at radius 1 is 0.824 bits per heavy atom. The van der Waals surface area contributed by atoms with Gasteiger partial charge in [-0.2, -0.15) is 0 Å². The maximum Gasteiger partial charge on any atom is 0.185 e. The number of halogens is 1. The van der Waals surface area contributed by atoms with E-state index in [1.807, 2.05) is 19.1 Å². The number of hydrogen-bond acceptors (Lipinski definition) is 2. The Balaban J connectivity index is 1.28. The van der Waals surface area contributed by atoms with Gasteiger partial charge in [0.1, 0.15) is 5.82 Å². The average Bonchev–Trinajstić information content (AvgIpc) is 2.85. The van der Waals surface area contributed by atoms with E-state index < -0.39 is 0 Å². The number of benzene rings is 3. The highest BCUT2D eigenvalue weighted by Crippen LogP contribution is 2.14. The standard InChI is InChI=1S/C31H33FO2/c1-24(2)28-15-12-27(13-16-28)23-34-22-6-4-3-5-7-25-8-10-26(11-9-25)14-21-31(33)29-17-19-30(32)20-18-29/h8-21H,1,3-7,22-23H2,2H3. The van der Waals surface area contributed by atoms with Gasteiger partial charge in [0.05, 0.1) is 6.61 Å². The van der Waals surface area contributed by atoms with Crippen molar-refractivity contribution in [3.63, 3.8) is 0 Å². The van der Waals surface area contributed by atoms with Crippen LogP contribution in [0, 0.1) is 5.82 Å². The first kappa shape index (κ1) is 25.3. The quantitative estimate of drug-likeness (QED) is 0.148. The molecular formula is C31H33FO2. The second kappa shape index (κ2) is 13.4. The van der Waals surface area contributed by atoms with Gasteiger partial charge in [-0.25, -0.2) is 4.39 Å². The molecule has 2 nitrogen and oxygen atoms in total. The van der Waals surface area contributed by atoms with Crippen LogP contribution in [0.4, 0.5) is 4.39 Å². The molecule has 0 aromatic heterocycles. The number of carbonyl (C=O) groups is 1. The lowest BCUT2D eigenvalue weighted by atomic mass is 10.0. The van der Waals surface area contributed by atoms with Gasteiger partial charge in [0.25, 0.3) is 0 Å². The minimum Gasteiger partial charge on any atom is -0.377 e. The molecule has 176 valence electrons. The number of unbranched alkanes of at least 4 members (excludes halogenated alkanes) is 3. The third-order valence-corrected chi connectivity index (χ3v) is 5.76. The Morgan fingerprint density at radius 3 is 2.12 bits per heavy atom. The molecule has 3 aromatic rings. The lowest BCUT2D eigenvalue weighted by Crippen LogP contribution is -1.96. The molecule has 0 radical (unpaired) electrons. The van der Waals surface area contributed by atoms with Crippen LogP contribution in [0.1, 0.15) is 65.2 Å². The van der Waals surface area contributed by atoms with Crippen molar-refractivity contribution in [1.82, 2.24) is 0 Å². The molecule has 0 heterocycles. The summed E-state index contributed by atoms with van der Waals surface area (Å²) in [5.74, 6) is -0.473. The van der Waals surface area contributed by atoms with Crippen molar-refractivity contribution in [2.45, 2.75) is 45.6 Å². The summed E-state index contributed by atoms with van der Waals surface area (Å²) < 4.78 is 18.8. The second-order valence-electron chi connectivity index (χ2n) is 8.64. The number of ketones is 1. The van der Waals surface area contributed by atoms with Crippen LogP contribution in [0.2, 0.25) is 0 Å². The summed E-state index contributed by atoms with van der Waals surface area (Å²) in [4.78, 5) is 12.2. The van der Waals surface area contributed by atoms with Crippen molar-refractivity contribution in [1.29, 1.82) is 0 Å². The summed E-state index contributed by atoms with van der Waals surface area (Å²) >= 11 is 0. The first-order chi connectivity index (χ1) is 16.5. The molecule has 0 unspecified atom stereocenters. The Bertz CT molecular complexity index is 1080. The summed E-state index contributed by atoms with van der Waals surface area (Å²) in [6, 6.07) is 22.3. The number of ether oxygens (including phenoxy) is 1. The van der Waals surface area contributed by atoms with E-state index in [4.69, 9.17) is 4.74 Å². The molecule has 0 saturated heterocycles. The highest BCUT2D eigenvalue weighted by Gasteiger charge is 2.02. The third kappa shape index (κ3) is 8.57. The number of allylic oxidation sites excluding steroid dienone is 2. The van der Waals surface area contributed by atoms with E-state index in [1.165, 1.54) is 59.9 Å². The normalized spacial score (nSPS) is 11.1. The van der Waals surface area contributed by atoms with E-state index in [-0.39, 0.29) is 11.6 Å². The van der Waals surface area contributed by atoms with Gasteiger partial charge in [0, 0.05) is 12.2 Å². The van der Waals surface area contributed by atoms with Crippen LogP contribution in [-0.2, 0) is 17.8 Å². The summed E-state index contributed by atoms with van der Waals surface area (Å²) in [7, 11) is 0. The molecule has 0 fully saturated rings. The smallest absolute Gasteiger partial charge is 0.185 e. The molecule has 34 heavy (non-hydrogen) atoms. The Hall–Kier alpha value is -3.30. The van der Waals surface area contributed by atoms with E-state index in [0.29, 0.717) is 12.2 Å². The molecule has 3 aromatic carbocycles. The fraction of sp³-hybridized carbons (Fsp3) is 0.258. The van der Waals surface area contributed by atoms with Gasteiger partial charge >= 0.3 is 0 Å². The first-order valence-electron chi connectivity index (χ1n) is 11.9. The summed E-state index contributed by atoms with van der Waals surface area (Å²) in [5.41, 5.74) is 6.21. The van der Waals surface area contributed by atoms with Crippen LogP contribution < -0.4 is 0 Å². The van der Waals surface area contributed by atoms with Crippen LogP contribution in [0.25, 0.3) is 11.6 Å². The van der Waals surface area contributed by atoms with Crippen LogP contribution in [0.15, 0.2) is 85.5 Å². The maximum atomic E-state index is 13.0. The van der Waals surface area contributed by atoms with Gasteiger partial charge in [-0.15, -0.1) is 0 Å². The van der Waals surface area contributed by atoms with Gasteiger partial charge in [0.15, 0.2) is 5.78 Å². The fourth-order valence-corrected chi connectivity index (χ4v) is 3.64. The predicted octanol–water partition coefficient (Wildman–Crippen LogP) is 8.07. The van der Waals surface area contributed by atoms with Gasteiger partial charge in [-0.3, -0.25) is 4.79 Å². The van der Waals surface area contributed by atoms with Crippen molar-refractivity contribution < 1.29 is 13.9 Å². The van der Waals surface area contributed by atoms with E-state index in [2.05, 4.69) is 43.0 Å². The van der Waals surface area contributed by atoms with Crippen molar-refractivity contribution in [2.24, 2.45) is 0 Å². The molecule has 3 heteroatoms. The molecule has 3 rings (SSSR count). The van der Waals surface area contributed by atoms with Gasteiger partial charge in [-0.1, -0.05) is 79.6 Å². The first-order valence-corrected chi connectivity index (χ1v) is 11.9. The monoisotopic (exact) mass is 456 g/mol. The van der Waals surface area contributed by atoms with E-state index in [1.54, 1.807) is 6.08 Å². The molecule has 0 atom stereocenters. The molecule has 0 spiro atoms. The Morgan fingerprint density at radius 2 is 1.44 bits per heavy atom. The van der Waals surface area contributed by atoms with Crippen LogP contribution >= 0.6 is 0 Å². The molecule has 0 N–H and O–H groups in total. The summed E-state index contributed by atoms with van der Waals surface area (Å²) in [5, 5.41) is 0. The zero-order valence-electron chi connectivity index (χ0n) is 19.9. The molecule has 0 bridgehead atoms. The molecule has 0 aliphatic carbocycles. The number of carbonyl (C=O) groups excluding carboxylic acids is 1. The Kier molecular flexibility index (Phi) is 9.99. The SMILES string of the molecule is C=C(C)c1ccc(COCCCCCCc2ccc(C=CC(=O)c3ccc(F)cc3)cc2)cc1. The van der Waals surface area contributed by atoms with E-state index >= 15 is 0 Å². The van der Waals surface area contributed by atoms with Gasteiger partial charge < -0.3 is 4.74 Å². The molecule has 0 aliphatic rings. The topological polar surface area (TPSA) is 26.3 Å². The van der Waals surface area contributed by atoms with Crippen molar-refractivity contribution in [3.05, 3.63) is 119 Å². The zero-order valence-corrected chi connectivity index (χ0v) is 19.9. The average molecular weight is 457 g/mol. The maximum absolute atomic E-state index is 13.0. The van der Waals surface area contributed by atoms with Gasteiger partial charge in [-0.05, 0) is 78.8 Å². The van der Waals surface area contributed by atoms with Crippen molar-refractivity contribution >= 4 is 17.4 Å². The fourth-order valence-electron chi connectivity index (χ4n) is 3.64. The van der Waals surface area contributed by atoms with Crippen LogP contribution in [0.3, 0.4) is 0 Å². The summed E-state index contributed by atoms with van der Waals surface area (Å²) in [6.07, 6.45) is 8.96. The highest BCUT2D eigenvalue weighted by atomic mass is 19.1. The third-order valence-electron chi connectivity index (χ3n) is 5.76. The summed E-state index contributed by atoms with van der Waals surface area (Å²) in [6.45, 7) is 7.43. The van der Waals surface area contributed by atoms with Crippen LogP contribution in [0.5, 0.6) is 0 Å². The predicted molar refractivity (Wildman–Crippen MR) is 139 cm³/mol. The second-order valence-corrected chi connectivity index (χ2v) is 8.64. The number of aryl methyl sites for hydroxylation is 1. The zero-order chi connectivity index (χ0) is 24.2.